The number of benzene rings is 1. The summed E-state index contributed by atoms with van der Waals surface area (Å²) < 4.78 is 1.54. The number of aromatic nitrogens is 4. The Balaban J connectivity index is 1.73. The highest BCUT2D eigenvalue weighted by Gasteiger charge is 2.16. The van der Waals surface area contributed by atoms with Crippen LogP contribution in [0, 0.1) is 0 Å². The molecule has 10 heteroatoms. The van der Waals surface area contributed by atoms with Gasteiger partial charge in [-0.2, -0.15) is 5.10 Å². The number of hydrogen-bond acceptors (Lipinski definition) is 4. The quantitative estimate of drug-likeness (QED) is 0.435. The second kappa shape index (κ2) is 7.56. The normalized spacial score (nSPS) is 11.0. The van der Waals surface area contributed by atoms with Crippen molar-refractivity contribution in [2.75, 3.05) is 5.32 Å². The minimum atomic E-state index is -0.489. The lowest BCUT2D eigenvalue weighted by Gasteiger charge is -2.06. The molecule has 0 unspecified atom stereocenters. The Morgan fingerprint density at radius 1 is 0.929 bits per heavy atom. The highest BCUT2D eigenvalue weighted by atomic mass is 35.5. The van der Waals surface area contributed by atoms with Crippen LogP contribution in [-0.2, 0) is 0 Å². The number of nitrogens with zero attached hydrogens (tertiary/aromatic N) is 4. The van der Waals surface area contributed by atoms with E-state index in [1.54, 1.807) is 36.5 Å². The molecule has 0 aliphatic carbocycles. The van der Waals surface area contributed by atoms with Gasteiger partial charge in [-0.05, 0) is 30.3 Å². The number of anilines is 1. The van der Waals surface area contributed by atoms with Gasteiger partial charge in [-0.15, -0.1) is 0 Å². The highest BCUT2D eigenvalue weighted by molar-refractivity contribution is 6.36. The van der Waals surface area contributed by atoms with Crippen molar-refractivity contribution in [3.63, 3.8) is 0 Å². The summed E-state index contributed by atoms with van der Waals surface area (Å²) in [5.74, 6) is -0.305. The summed E-state index contributed by atoms with van der Waals surface area (Å²) in [4.78, 5) is 20.8. The lowest BCUT2D eigenvalue weighted by molar-refractivity contribution is 0.102. The Hall–Kier alpha value is -2.38. The van der Waals surface area contributed by atoms with Gasteiger partial charge in [-0.1, -0.05) is 46.4 Å². The number of halogens is 4. The van der Waals surface area contributed by atoms with Crippen LogP contribution in [0.3, 0.4) is 0 Å². The smallest absolute Gasteiger partial charge is 0.277 e. The van der Waals surface area contributed by atoms with Crippen molar-refractivity contribution in [2.45, 2.75) is 0 Å². The molecule has 0 spiro atoms. The van der Waals surface area contributed by atoms with E-state index in [-0.39, 0.29) is 16.5 Å². The first-order chi connectivity index (χ1) is 13.4. The van der Waals surface area contributed by atoms with E-state index in [4.69, 9.17) is 46.4 Å². The van der Waals surface area contributed by atoms with E-state index < -0.39 is 5.91 Å². The number of nitrogens with one attached hydrogen (secondary N) is 1. The zero-order valence-electron chi connectivity index (χ0n) is 13.8. The van der Waals surface area contributed by atoms with Crippen LogP contribution in [0.2, 0.25) is 20.1 Å². The van der Waals surface area contributed by atoms with E-state index in [1.165, 1.54) is 16.8 Å². The Bertz CT molecular complexity index is 1200. The van der Waals surface area contributed by atoms with E-state index in [0.29, 0.717) is 26.4 Å². The summed E-state index contributed by atoms with van der Waals surface area (Å²) in [6.45, 7) is 0. The molecule has 4 aromatic rings. The van der Waals surface area contributed by atoms with E-state index in [2.05, 4.69) is 20.4 Å². The zero-order chi connectivity index (χ0) is 19.8. The van der Waals surface area contributed by atoms with E-state index in [1.807, 2.05) is 0 Å². The molecule has 0 fully saturated rings. The molecule has 1 aromatic carbocycles. The van der Waals surface area contributed by atoms with E-state index in [0.717, 1.165) is 5.56 Å². The molecule has 0 bridgehead atoms. The van der Waals surface area contributed by atoms with Crippen LogP contribution in [-0.4, -0.2) is 25.5 Å². The molecule has 0 saturated carbocycles. The monoisotopic (exact) mass is 451 g/mol. The third-order valence-electron chi connectivity index (χ3n) is 3.79. The molecule has 140 valence electrons. The molecule has 3 aromatic heterocycles. The van der Waals surface area contributed by atoms with Crippen LogP contribution in [0.1, 0.15) is 10.5 Å². The number of amides is 1. The first kappa shape index (κ1) is 19.0. The van der Waals surface area contributed by atoms with E-state index in [9.17, 15) is 4.79 Å². The van der Waals surface area contributed by atoms with E-state index >= 15 is 0 Å². The molecule has 0 atom stereocenters. The Labute approximate surface area is 179 Å². The lowest BCUT2D eigenvalue weighted by Crippen LogP contribution is -2.14. The molecule has 1 amide bonds. The molecule has 4 rings (SSSR count). The molecule has 1 N–H and O–H groups in total. The Kier molecular flexibility index (Phi) is 5.12. The van der Waals surface area contributed by atoms with Crippen molar-refractivity contribution in [3.8, 4) is 11.3 Å². The fourth-order valence-electron chi connectivity index (χ4n) is 2.60. The van der Waals surface area contributed by atoms with Gasteiger partial charge in [0.15, 0.2) is 17.2 Å². The number of fused-ring (bicyclic) bond motifs is 1. The van der Waals surface area contributed by atoms with Gasteiger partial charge in [0.25, 0.3) is 5.91 Å². The number of carbonyl (C=O) groups is 1. The number of hydrogen-bond donors (Lipinski definition) is 1. The topological polar surface area (TPSA) is 72.2 Å². The Morgan fingerprint density at radius 3 is 2.39 bits per heavy atom. The zero-order valence-corrected chi connectivity index (χ0v) is 16.9. The maximum absolute atomic E-state index is 12.6. The predicted molar refractivity (Wildman–Crippen MR) is 111 cm³/mol. The largest absolute Gasteiger partial charge is 0.304 e. The second-order valence-corrected chi connectivity index (χ2v) is 7.44. The molecule has 28 heavy (non-hydrogen) atoms. The van der Waals surface area contributed by atoms with Gasteiger partial charge in [0.05, 0.1) is 15.7 Å². The van der Waals surface area contributed by atoms with Gasteiger partial charge in [0.1, 0.15) is 0 Å². The number of rotatable bonds is 3. The summed E-state index contributed by atoms with van der Waals surface area (Å²) >= 11 is 24.1. The van der Waals surface area contributed by atoms with Gasteiger partial charge < -0.3 is 5.32 Å². The van der Waals surface area contributed by atoms with Crippen LogP contribution in [0.15, 0.2) is 48.8 Å². The van der Waals surface area contributed by atoms with Gasteiger partial charge in [-0.25, -0.2) is 14.5 Å². The average Bonchev–Trinajstić information content (AvgIpc) is 3.07. The molecule has 0 saturated heterocycles. The average molecular weight is 453 g/mol. The summed E-state index contributed by atoms with van der Waals surface area (Å²) in [6, 6.07) is 9.92. The summed E-state index contributed by atoms with van der Waals surface area (Å²) in [6.07, 6.45) is 3.00. The fourth-order valence-corrected chi connectivity index (χ4v) is 3.56. The second-order valence-electron chi connectivity index (χ2n) is 5.73. The minimum Gasteiger partial charge on any atom is -0.304 e. The van der Waals surface area contributed by atoms with Crippen LogP contribution in [0.5, 0.6) is 0 Å². The highest BCUT2D eigenvalue weighted by Crippen LogP contribution is 2.28. The lowest BCUT2D eigenvalue weighted by atomic mass is 10.1. The molecule has 0 aliphatic rings. The van der Waals surface area contributed by atoms with Crippen molar-refractivity contribution in [1.82, 2.24) is 19.6 Å². The molecule has 3 heterocycles. The number of pyridine rings is 1. The fraction of sp³-hybridized carbons (Fsp3) is 0. The molecular weight excluding hydrogens is 444 g/mol. The van der Waals surface area contributed by atoms with Crippen molar-refractivity contribution >= 4 is 63.8 Å². The first-order valence-electron chi connectivity index (χ1n) is 7.84. The third kappa shape index (κ3) is 3.77. The summed E-state index contributed by atoms with van der Waals surface area (Å²) in [5.41, 5.74) is 2.04. The summed E-state index contributed by atoms with van der Waals surface area (Å²) in [7, 11) is 0. The number of carbonyl (C=O) groups excluding carboxylic acids is 1. The van der Waals surface area contributed by atoms with Gasteiger partial charge in [-0.3, -0.25) is 4.79 Å². The van der Waals surface area contributed by atoms with Crippen LogP contribution in [0.25, 0.3) is 16.9 Å². The summed E-state index contributed by atoms with van der Waals surface area (Å²) in [5, 5.41) is 8.52. The molecular formula is C18H9Cl4N5O. The van der Waals surface area contributed by atoms with Crippen molar-refractivity contribution in [2.24, 2.45) is 0 Å². The third-order valence-corrected chi connectivity index (χ3v) is 4.72. The SMILES string of the molecule is O=C(Nc1ncc(Cl)cc1Cl)c1cc2nccc(-c3cc(Cl)cc(Cl)c3)n2n1. The van der Waals surface area contributed by atoms with Crippen LogP contribution < -0.4 is 5.32 Å². The molecule has 0 radical (unpaired) electrons. The maximum atomic E-state index is 12.6. The van der Waals surface area contributed by atoms with Crippen molar-refractivity contribution < 1.29 is 4.79 Å². The Morgan fingerprint density at radius 2 is 1.68 bits per heavy atom. The minimum absolute atomic E-state index is 0.140. The van der Waals surface area contributed by atoms with Crippen LogP contribution >= 0.6 is 46.4 Å². The van der Waals surface area contributed by atoms with Crippen molar-refractivity contribution in [3.05, 3.63) is 74.6 Å². The maximum Gasteiger partial charge on any atom is 0.277 e. The van der Waals surface area contributed by atoms with Gasteiger partial charge in [0, 0.05) is 34.1 Å². The molecule has 6 nitrogen and oxygen atoms in total. The molecule has 0 aliphatic heterocycles. The van der Waals surface area contributed by atoms with Crippen molar-refractivity contribution in [1.29, 1.82) is 0 Å². The van der Waals surface area contributed by atoms with Gasteiger partial charge in [0.2, 0.25) is 0 Å². The van der Waals surface area contributed by atoms with Crippen LogP contribution in [0.4, 0.5) is 5.82 Å². The predicted octanol–water partition coefficient (Wildman–Crippen LogP) is 5.66. The van der Waals surface area contributed by atoms with Gasteiger partial charge >= 0.3 is 0 Å². The first-order valence-corrected chi connectivity index (χ1v) is 9.35. The standard InChI is InChI=1S/C18H9Cl4N5O/c19-10-3-9(4-11(20)5-10)15-1-2-23-16-7-14(26-27(15)16)18(28)25-17-13(22)6-12(21)8-24-17/h1-8H,(H,24,25,28).